The number of benzene rings is 1. The molecular weight excluding hydrogens is 332 g/mol. The lowest BCUT2D eigenvalue weighted by Gasteiger charge is -2.18. The molecule has 0 aliphatic rings. The standard InChI is InChI=1S/C15H22N4O4S/c16-11(6-10-4-2-1-3-5-10)7-17-14(22)12(9-24)19-15(23)18-8-13(20)21/h1-5,11-12,24H,6-9,16H2,(H,17,22)(H,20,21)(H2,18,19,23)/t11-,12+/m1/s1. The van der Waals surface area contributed by atoms with Gasteiger partial charge in [-0.25, -0.2) is 4.79 Å². The molecule has 1 aromatic carbocycles. The summed E-state index contributed by atoms with van der Waals surface area (Å²) in [5, 5.41) is 15.6. The minimum atomic E-state index is -1.18. The molecule has 6 N–H and O–H groups in total. The van der Waals surface area contributed by atoms with Gasteiger partial charge in [-0.15, -0.1) is 0 Å². The molecule has 0 aliphatic carbocycles. The van der Waals surface area contributed by atoms with Crippen LogP contribution < -0.4 is 21.7 Å². The number of hydrogen-bond acceptors (Lipinski definition) is 5. The van der Waals surface area contributed by atoms with Gasteiger partial charge in [0.2, 0.25) is 5.91 Å². The van der Waals surface area contributed by atoms with Crippen molar-refractivity contribution in [2.24, 2.45) is 5.73 Å². The van der Waals surface area contributed by atoms with Gasteiger partial charge >= 0.3 is 12.0 Å². The topological polar surface area (TPSA) is 134 Å². The molecule has 0 bridgehead atoms. The van der Waals surface area contributed by atoms with Crippen LogP contribution in [-0.4, -0.2) is 53.9 Å². The molecule has 3 amide bonds. The van der Waals surface area contributed by atoms with Crippen molar-refractivity contribution in [2.45, 2.75) is 18.5 Å². The first-order valence-electron chi connectivity index (χ1n) is 7.36. The van der Waals surface area contributed by atoms with E-state index in [1.807, 2.05) is 30.3 Å². The smallest absolute Gasteiger partial charge is 0.323 e. The van der Waals surface area contributed by atoms with Crippen LogP contribution >= 0.6 is 12.6 Å². The van der Waals surface area contributed by atoms with Crippen LogP contribution in [0, 0.1) is 0 Å². The summed E-state index contributed by atoms with van der Waals surface area (Å²) in [4.78, 5) is 33.9. The van der Waals surface area contributed by atoms with Gasteiger partial charge in [0.15, 0.2) is 0 Å². The number of urea groups is 1. The lowest BCUT2D eigenvalue weighted by atomic mass is 10.1. The predicted octanol–water partition coefficient (Wildman–Crippen LogP) is -0.645. The monoisotopic (exact) mass is 354 g/mol. The van der Waals surface area contributed by atoms with Gasteiger partial charge in [0.05, 0.1) is 0 Å². The Morgan fingerprint density at radius 1 is 1.17 bits per heavy atom. The number of thiol groups is 1. The zero-order chi connectivity index (χ0) is 17.9. The fraction of sp³-hybridized carbons (Fsp3) is 0.400. The van der Waals surface area contributed by atoms with Gasteiger partial charge in [-0.1, -0.05) is 30.3 Å². The summed E-state index contributed by atoms with van der Waals surface area (Å²) in [6.45, 7) is -0.287. The molecule has 0 unspecified atom stereocenters. The Labute approximate surface area is 145 Å². The Kier molecular flexibility index (Phi) is 8.66. The third kappa shape index (κ3) is 7.84. The number of carbonyl (C=O) groups is 3. The normalized spacial score (nSPS) is 12.8. The van der Waals surface area contributed by atoms with Gasteiger partial charge < -0.3 is 26.8 Å². The van der Waals surface area contributed by atoms with Gasteiger partial charge in [0, 0.05) is 18.3 Å². The van der Waals surface area contributed by atoms with Crippen LogP contribution in [0.5, 0.6) is 0 Å². The molecular formula is C15H22N4O4S. The molecule has 1 rings (SSSR count). The number of nitrogens with one attached hydrogen (secondary N) is 3. The number of nitrogens with two attached hydrogens (primary N) is 1. The van der Waals surface area contributed by atoms with Crippen LogP contribution in [0.15, 0.2) is 30.3 Å². The molecule has 2 atom stereocenters. The van der Waals surface area contributed by atoms with Crippen molar-refractivity contribution in [3.05, 3.63) is 35.9 Å². The molecule has 24 heavy (non-hydrogen) atoms. The van der Waals surface area contributed by atoms with Crippen molar-refractivity contribution >= 4 is 30.5 Å². The third-order valence-corrected chi connectivity index (χ3v) is 3.45. The van der Waals surface area contributed by atoms with Crippen molar-refractivity contribution in [3.63, 3.8) is 0 Å². The fourth-order valence-electron chi connectivity index (χ4n) is 1.90. The summed E-state index contributed by atoms with van der Waals surface area (Å²) in [6.07, 6.45) is 0.610. The van der Waals surface area contributed by atoms with Gasteiger partial charge in [-0.05, 0) is 12.0 Å². The summed E-state index contributed by atoms with van der Waals surface area (Å²) >= 11 is 4.01. The second kappa shape index (κ2) is 10.5. The van der Waals surface area contributed by atoms with Gasteiger partial charge in [0.25, 0.3) is 0 Å². The van der Waals surface area contributed by atoms with E-state index in [2.05, 4.69) is 28.6 Å². The number of carbonyl (C=O) groups excluding carboxylic acids is 2. The van der Waals surface area contributed by atoms with Crippen LogP contribution in [-0.2, 0) is 16.0 Å². The highest BCUT2D eigenvalue weighted by Gasteiger charge is 2.19. The average Bonchev–Trinajstić information content (AvgIpc) is 2.56. The second-order valence-electron chi connectivity index (χ2n) is 5.15. The Morgan fingerprint density at radius 3 is 2.42 bits per heavy atom. The Balaban J connectivity index is 2.37. The average molecular weight is 354 g/mol. The molecule has 0 spiro atoms. The second-order valence-corrected chi connectivity index (χ2v) is 5.52. The maximum Gasteiger partial charge on any atom is 0.323 e. The maximum absolute atomic E-state index is 12.0. The minimum Gasteiger partial charge on any atom is -0.480 e. The van der Waals surface area contributed by atoms with E-state index in [1.54, 1.807) is 0 Å². The lowest BCUT2D eigenvalue weighted by Crippen LogP contribution is -2.53. The van der Waals surface area contributed by atoms with E-state index < -0.39 is 30.5 Å². The van der Waals surface area contributed by atoms with Gasteiger partial charge in [-0.2, -0.15) is 12.6 Å². The number of rotatable bonds is 9. The molecule has 8 nitrogen and oxygen atoms in total. The van der Waals surface area contributed by atoms with Crippen molar-refractivity contribution in [1.29, 1.82) is 0 Å². The van der Waals surface area contributed by atoms with E-state index in [9.17, 15) is 14.4 Å². The van der Waals surface area contributed by atoms with Crippen LogP contribution in [0.1, 0.15) is 5.56 Å². The number of amides is 3. The van der Waals surface area contributed by atoms with Gasteiger partial charge in [0.1, 0.15) is 12.6 Å². The van der Waals surface area contributed by atoms with Crippen molar-refractivity contribution in [3.8, 4) is 0 Å². The Morgan fingerprint density at radius 2 is 1.83 bits per heavy atom. The summed E-state index contributed by atoms with van der Waals surface area (Å²) < 4.78 is 0. The molecule has 0 aliphatic heterocycles. The quantitative estimate of drug-likeness (QED) is 0.328. The predicted molar refractivity (Wildman–Crippen MR) is 92.9 cm³/mol. The third-order valence-electron chi connectivity index (χ3n) is 3.08. The number of hydrogen-bond donors (Lipinski definition) is 6. The zero-order valence-corrected chi connectivity index (χ0v) is 14.0. The van der Waals surface area contributed by atoms with Crippen LogP contribution in [0.2, 0.25) is 0 Å². The van der Waals surface area contributed by atoms with E-state index in [0.717, 1.165) is 5.56 Å². The van der Waals surface area contributed by atoms with Crippen LogP contribution in [0.25, 0.3) is 0 Å². The van der Waals surface area contributed by atoms with Crippen molar-refractivity contribution in [2.75, 3.05) is 18.8 Å². The van der Waals surface area contributed by atoms with E-state index in [-0.39, 0.29) is 18.3 Å². The van der Waals surface area contributed by atoms with E-state index >= 15 is 0 Å². The first kappa shape index (κ1) is 19.8. The Bertz CT molecular complexity index is 556. The molecule has 0 aromatic heterocycles. The largest absolute Gasteiger partial charge is 0.480 e. The highest BCUT2D eigenvalue weighted by molar-refractivity contribution is 7.80. The molecule has 0 saturated carbocycles. The molecule has 0 fully saturated rings. The Hall–Kier alpha value is -2.26. The summed E-state index contributed by atoms with van der Waals surface area (Å²) in [7, 11) is 0. The molecule has 1 aromatic rings. The number of carboxylic acids is 1. The fourth-order valence-corrected chi connectivity index (χ4v) is 2.16. The summed E-state index contributed by atoms with van der Waals surface area (Å²) in [5.41, 5.74) is 7.04. The van der Waals surface area contributed by atoms with E-state index in [0.29, 0.717) is 6.42 Å². The molecule has 0 heterocycles. The molecule has 0 radical (unpaired) electrons. The van der Waals surface area contributed by atoms with Gasteiger partial charge in [-0.3, -0.25) is 9.59 Å². The lowest BCUT2D eigenvalue weighted by molar-refractivity contribution is -0.135. The molecule has 9 heteroatoms. The highest BCUT2D eigenvalue weighted by atomic mass is 32.1. The van der Waals surface area contributed by atoms with Crippen molar-refractivity contribution in [1.82, 2.24) is 16.0 Å². The molecule has 132 valence electrons. The van der Waals surface area contributed by atoms with Crippen LogP contribution in [0.4, 0.5) is 4.79 Å². The number of carboxylic acid groups (broad SMARTS) is 1. The number of aliphatic carboxylic acids is 1. The van der Waals surface area contributed by atoms with Crippen LogP contribution in [0.3, 0.4) is 0 Å². The summed E-state index contributed by atoms with van der Waals surface area (Å²) in [6, 6.07) is 7.74. The zero-order valence-electron chi connectivity index (χ0n) is 13.1. The van der Waals surface area contributed by atoms with E-state index in [1.165, 1.54) is 0 Å². The van der Waals surface area contributed by atoms with E-state index in [4.69, 9.17) is 10.8 Å². The SMILES string of the molecule is N[C@@H](CNC(=O)[C@H](CS)NC(=O)NCC(=O)O)Cc1ccccc1. The minimum absolute atomic E-state index is 0.0697. The van der Waals surface area contributed by atoms with Crippen molar-refractivity contribution < 1.29 is 19.5 Å². The molecule has 0 saturated heterocycles. The highest BCUT2D eigenvalue weighted by Crippen LogP contribution is 2.01. The summed E-state index contributed by atoms with van der Waals surface area (Å²) in [5.74, 6) is -1.54. The maximum atomic E-state index is 12.0. The first-order chi connectivity index (χ1) is 11.4. The first-order valence-corrected chi connectivity index (χ1v) is 7.99.